The van der Waals surface area contributed by atoms with E-state index < -0.39 is 0 Å². The summed E-state index contributed by atoms with van der Waals surface area (Å²) in [7, 11) is 0. The van der Waals surface area contributed by atoms with Gasteiger partial charge in [-0.05, 0) is 12.8 Å². The molecule has 0 aliphatic rings. The van der Waals surface area contributed by atoms with E-state index in [1.165, 1.54) is 4.08 Å². The molecule has 0 aliphatic heterocycles. The van der Waals surface area contributed by atoms with Crippen molar-refractivity contribution in [3.63, 3.8) is 0 Å². The predicted octanol–water partition coefficient (Wildman–Crippen LogP) is 3.81. The van der Waals surface area contributed by atoms with Gasteiger partial charge < -0.3 is 0 Å². The quantitative estimate of drug-likeness (QED) is 0.519. The summed E-state index contributed by atoms with van der Waals surface area (Å²) >= 11 is 1.93. The van der Waals surface area contributed by atoms with E-state index in [1.807, 2.05) is 22.6 Å². The van der Waals surface area contributed by atoms with Gasteiger partial charge in [-0.3, -0.25) is 0 Å². The van der Waals surface area contributed by atoms with Crippen LogP contribution in [0, 0.1) is 0 Å². The molecule has 0 atom stereocenters. The fourth-order valence-corrected chi connectivity index (χ4v) is 0.910. The number of allylic oxidation sites excluding steroid dienone is 1. The molecule has 54 valence electrons. The van der Waals surface area contributed by atoms with E-state index in [-0.39, 0.29) is 5.83 Å². The number of hydrogen-bond donors (Lipinski definition) is 0. The molecule has 0 spiro atoms. The molecule has 0 saturated carbocycles. The molecule has 0 saturated heterocycles. The summed E-state index contributed by atoms with van der Waals surface area (Å²) in [5, 5.41) is 0. The standard InChI is InChI=1S/C7H12FI/c1-2-3-4-5-7(8)6-9/h6H,2-5H2,1H3/b7-6+. The van der Waals surface area contributed by atoms with E-state index in [1.54, 1.807) is 0 Å². The molecule has 0 unspecified atom stereocenters. The Morgan fingerprint density at radius 1 is 1.56 bits per heavy atom. The van der Waals surface area contributed by atoms with Crippen molar-refractivity contribution in [3.05, 3.63) is 9.91 Å². The highest BCUT2D eigenvalue weighted by Crippen LogP contribution is 2.11. The van der Waals surface area contributed by atoms with Crippen molar-refractivity contribution >= 4 is 22.6 Å². The van der Waals surface area contributed by atoms with E-state index in [0.717, 1.165) is 19.3 Å². The van der Waals surface area contributed by atoms with Crippen molar-refractivity contribution in [1.82, 2.24) is 0 Å². The Bertz CT molecular complexity index is 88.9. The third kappa shape index (κ3) is 6.28. The summed E-state index contributed by atoms with van der Waals surface area (Å²) in [6.07, 6.45) is 3.91. The van der Waals surface area contributed by atoms with Gasteiger partial charge in [0.2, 0.25) is 0 Å². The molecule has 9 heavy (non-hydrogen) atoms. The van der Waals surface area contributed by atoms with Crippen LogP contribution < -0.4 is 0 Å². The molecule has 0 radical (unpaired) electrons. The molecule has 0 nitrogen and oxygen atoms in total. The molecule has 0 amide bonds. The average Bonchev–Trinajstić information content (AvgIpc) is 1.89. The largest absolute Gasteiger partial charge is 0.211 e. The summed E-state index contributed by atoms with van der Waals surface area (Å²) in [5.74, 6) is 0.0176. The van der Waals surface area contributed by atoms with Gasteiger partial charge in [0.1, 0.15) is 5.83 Å². The maximum absolute atomic E-state index is 12.3. The van der Waals surface area contributed by atoms with Crippen LogP contribution >= 0.6 is 22.6 Å². The van der Waals surface area contributed by atoms with Gasteiger partial charge in [-0.25, -0.2) is 4.39 Å². The van der Waals surface area contributed by atoms with Crippen LogP contribution in [-0.2, 0) is 0 Å². The van der Waals surface area contributed by atoms with E-state index >= 15 is 0 Å². The Morgan fingerprint density at radius 2 is 2.22 bits per heavy atom. The molecule has 0 aromatic heterocycles. The van der Waals surface area contributed by atoms with Crippen LogP contribution in [0.2, 0.25) is 0 Å². The lowest BCUT2D eigenvalue weighted by Gasteiger charge is -1.93. The highest BCUT2D eigenvalue weighted by atomic mass is 127. The number of rotatable bonds is 4. The first-order valence-corrected chi connectivity index (χ1v) is 4.50. The lowest BCUT2D eigenvalue weighted by atomic mass is 10.2. The van der Waals surface area contributed by atoms with Crippen LogP contribution in [0.4, 0.5) is 4.39 Å². The first kappa shape index (κ1) is 9.40. The molecular weight excluding hydrogens is 230 g/mol. The van der Waals surface area contributed by atoms with E-state index in [4.69, 9.17) is 0 Å². The number of unbranched alkanes of at least 4 members (excludes halogenated alkanes) is 2. The molecule has 0 rings (SSSR count). The van der Waals surface area contributed by atoms with Crippen molar-refractivity contribution in [2.45, 2.75) is 32.6 Å². The molecule has 0 fully saturated rings. The van der Waals surface area contributed by atoms with Crippen LogP contribution in [0.1, 0.15) is 32.6 Å². The number of halogens is 2. The maximum Gasteiger partial charge on any atom is 0.106 e. The summed E-state index contributed by atoms with van der Waals surface area (Å²) in [6, 6.07) is 0. The van der Waals surface area contributed by atoms with Crippen molar-refractivity contribution in [2.24, 2.45) is 0 Å². The van der Waals surface area contributed by atoms with Gasteiger partial charge in [0.25, 0.3) is 0 Å². The van der Waals surface area contributed by atoms with Crippen molar-refractivity contribution in [1.29, 1.82) is 0 Å². The predicted molar refractivity (Wildman–Crippen MR) is 47.4 cm³/mol. The van der Waals surface area contributed by atoms with Gasteiger partial charge in [-0.2, -0.15) is 0 Å². The Balaban J connectivity index is 3.07. The van der Waals surface area contributed by atoms with Gasteiger partial charge in [0.15, 0.2) is 0 Å². The van der Waals surface area contributed by atoms with Crippen LogP contribution in [0.25, 0.3) is 0 Å². The van der Waals surface area contributed by atoms with Gasteiger partial charge in [-0.1, -0.05) is 42.4 Å². The molecule has 0 aromatic rings. The SMILES string of the molecule is CCCCC/C(F)=C\I. The van der Waals surface area contributed by atoms with Gasteiger partial charge in [0.05, 0.1) is 0 Å². The second-order valence-corrected chi connectivity index (χ2v) is 2.64. The van der Waals surface area contributed by atoms with E-state index in [0.29, 0.717) is 6.42 Å². The summed E-state index contributed by atoms with van der Waals surface area (Å²) in [4.78, 5) is 0. The molecule has 2 heteroatoms. The zero-order valence-corrected chi connectivity index (χ0v) is 7.82. The molecule has 0 N–H and O–H groups in total. The van der Waals surface area contributed by atoms with Crippen LogP contribution in [-0.4, -0.2) is 0 Å². The first-order valence-electron chi connectivity index (χ1n) is 3.26. The Hall–Kier alpha value is 0.400. The molecule has 0 aromatic carbocycles. The van der Waals surface area contributed by atoms with Crippen LogP contribution in [0.5, 0.6) is 0 Å². The second kappa shape index (κ2) is 6.52. The van der Waals surface area contributed by atoms with Gasteiger partial charge in [-0.15, -0.1) is 0 Å². The van der Waals surface area contributed by atoms with Crippen LogP contribution in [0.3, 0.4) is 0 Å². The monoisotopic (exact) mass is 242 g/mol. The molecule has 0 heterocycles. The highest BCUT2D eigenvalue weighted by Gasteiger charge is 1.91. The first-order chi connectivity index (χ1) is 4.31. The summed E-state index contributed by atoms with van der Waals surface area (Å²) in [6.45, 7) is 2.12. The van der Waals surface area contributed by atoms with E-state index in [2.05, 4.69) is 6.92 Å². The van der Waals surface area contributed by atoms with Crippen molar-refractivity contribution < 1.29 is 4.39 Å². The Kier molecular flexibility index (Phi) is 6.81. The topological polar surface area (TPSA) is 0 Å². The molecule has 0 aliphatic carbocycles. The summed E-state index contributed by atoms with van der Waals surface area (Å²) in [5.41, 5.74) is 0. The summed E-state index contributed by atoms with van der Waals surface area (Å²) < 4.78 is 13.8. The minimum Gasteiger partial charge on any atom is -0.211 e. The average molecular weight is 242 g/mol. The zero-order chi connectivity index (χ0) is 7.11. The fourth-order valence-electron chi connectivity index (χ4n) is 0.598. The molecular formula is C7H12FI. The van der Waals surface area contributed by atoms with Crippen molar-refractivity contribution in [3.8, 4) is 0 Å². The van der Waals surface area contributed by atoms with Gasteiger partial charge in [0, 0.05) is 4.08 Å². The minimum atomic E-state index is 0.0176. The van der Waals surface area contributed by atoms with Crippen molar-refractivity contribution in [2.75, 3.05) is 0 Å². The van der Waals surface area contributed by atoms with E-state index in [9.17, 15) is 4.39 Å². The normalized spacial score (nSPS) is 12.1. The van der Waals surface area contributed by atoms with Crippen LogP contribution in [0.15, 0.2) is 9.91 Å². The molecule has 0 bridgehead atoms. The highest BCUT2D eigenvalue weighted by molar-refractivity contribution is 14.1. The lowest BCUT2D eigenvalue weighted by molar-refractivity contribution is 0.563. The lowest BCUT2D eigenvalue weighted by Crippen LogP contribution is -1.74. The number of hydrogen-bond acceptors (Lipinski definition) is 0. The maximum atomic E-state index is 12.3. The fraction of sp³-hybridized carbons (Fsp3) is 0.714. The smallest absolute Gasteiger partial charge is 0.106 e. The Labute approximate surface area is 69.7 Å². The minimum absolute atomic E-state index is 0.0176. The van der Waals surface area contributed by atoms with Gasteiger partial charge >= 0.3 is 0 Å². The second-order valence-electron chi connectivity index (χ2n) is 2.01. The Morgan fingerprint density at radius 3 is 2.67 bits per heavy atom. The third-order valence-corrected chi connectivity index (χ3v) is 1.81. The zero-order valence-electron chi connectivity index (χ0n) is 5.66. The third-order valence-electron chi connectivity index (χ3n) is 1.14.